The Morgan fingerprint density at radius 1 is 1.15 bits per heavy atom. The van der Waals surface area contributed by atoms with E-state index < -0.39 is 5.92 Å². The molecule has 6 heteroatoms. The van der Waals surface area contributed by atoms with Crippen LogP contribution in [0.25, 0.3) is 0 Å². The van der Waals surface area contributed by atoms with Gasteiger partial charge in [-0.05, 0) is 36.2 Å². The van der Waals surface area contributed by atoms with Crippen molar-refractivity contribution in [3.8, 4) is 0 Å². The average molecular weight is 347 g/mol. The second-order valence-electron chi connectivity index (χ2n) is 6.19. The van der Waals surface area contributed by atoms with Crippen molar-refractivity contribution in [3.63, 3.8) is 0 Å². The zero-order chi connectivity index (χ0) is 18.1. The quantitative estimate of drug-likeness (QED) is 0.728. The third-order valence-electron chi connectivity index (χ3n) is 4.56. The Morgan fingerprint density at radius 3 is 2.62 bits per heavy atom. The minimum atomic E-state index is -0.432. The van der Waals surface area contributed by atoms with E-state index in [1.807, 2.05) is 48.5 Å². The van der Waals surface area contributed by atoms with Gasteiger partial charge < -0.3 is 9.74 Å². The number of rotatable bonds is 4. The maximum absolute atomic E-state index is 12.5. The predicted molar refractivity (Wildman–Crippen MR) is 95.6 cm³/mol. The fourth-order valence-corrected chi connectivity index (χ4v) is 3.03. The number of benzene rings is 2. The van der Waals surface area contributed by atoms with Gasteiger partial charge in [-0.15, -0.1) is 0 Å². The smallest absolute Gasteiger partial charge is 0.335 e. The summed E-state index contributed by atoms with van der Waals surface area (Å²) >= 11 is 0. The first-order valence-electron chi connectivity index (χ1n) is 8.33. The molecule has 4 rings (SSSR count). The van der Waals surface area contributed by atoms with Crippen molar-refractivity contribution in [3.05, 3.63) is 83.9 Å². The third kappa shape index (κ3) is 2.86. The molecule has 1 aliphatic rings. The Kier molecular flexibility index (Phi) is 4.01. The molecular weight excluding hydrogens is 330 g/mol. The number of anilines is 1. The summed E-state index contributed by atoms with van der Waals surface area (Å²) in [6.07, 6.45) is 4.52. The lowest BCUT2D eigenvalue weighted by Crippen LogP contribution is -2.24. The van der Waals surface area contributed by atoms with Crippen molar-refractivity contribution in [2.75, 3.05) is 4.90 Å². The molecule has 2 aromatic carbocycles. The number of amides is 1. The number of imidazole rings is 1. The van der Waals surface area contributed by atoms with Crippen molar-refractivity contribution in [2.45, 2.75) is 19.4 Å². The molecule has 0 aliphatic carbocycles. The van der Waals surface area contributed by atoms with E-state index in [-0.39, 0.29) is 11.9 Å². The lowest BCUT2D eigenvalue weighted by atomic mass is 10.0. The summed E-state index contributed by atoms with van der Waals surface area (Å²) in [4.78, 5) is 35.5. The van der Waals surface area contributed by atoms with Gasteiger partial charge in [-0.25, -0.2) is 9.78 Å². The average Bonchev–Trinajstić information content (AvgIpc) is 3.29. The van der Waals surface area contributed by atoms with Crippen LogP contribution in [0.4, 0.5) is 5.69 Å². The summed E-state index contributed by atoms with van der Waals surface area (Å²) in [6, 6.07) is 15.1. The van der Waals surface area contributed by atoms with E-state index in [4.69, 9.17) is 4.84 Å². The Labute approximate surface area is 150 Å². The molecule has 1 aliphatic heterocycles. The molecule has 1 amide bonds. The monoisotopic (exact) mass is 347 g/mol. The zero-order valence-electron chi connectivity index (χ0n) is 14.2. The molecule has 0 radical (unpaired) electrons. The largest absolute Gasteiger partial charge is 0.340 e. The van der Waals surface area contributed by atoms with Gasteiger partial charge in [0, 0.05) is 17.4 Å². The molecule has 0 saturated carbocycles. The van der Waals surface area contributed by atoms with E-state index >= 15 is 0 Å². The number of hydrogen-bond donors (Lipinski definition) is 0. The van der Waals surface area contributed by atoms with Gasteiger partial charge >= 0.3 is 5.97 Å². The Balaban J connectivity index is 1.49. The van der Waals surface area contributed by atoms with Gasteiger partial charge in [0.25, 0.3) is 5.91 Å². The van der Waals surface area contributed by atoms with Crippen LogP contribution in [0, 0.1) is 0 Å². The normalized spacial score (nSPS) is 14.2. The number of nitrogens with zero attached hydrogens (tertiary/aromatic N) is 3. The van der Waals surface area contributed by atoms with E-state index in [1.165, 1.54) is 17.3 Å². The molecular formula is C20H17N3O3. The predicted octanol–water partition coefficient (Wildman–Crippen LogP) is 2.80. The van der Waals surface area contributed by atoms with Gasteiger partial charge in [0.2, 0.25) is 0 Å². The highest BCUT2D eigenvalue weighted by atomic mass is 16.7. The summed E-state index contributed by atoms with van der Waals surface area (Å²) in [6.45, 7) is 2.34. The molecule has 0 saturated heterocycles. The first-order chi connectivity index (χ1) is 12.6. The standard InChI is InChI=1S/C20H17N3O3/c1-14(20(25)26-22-11-10-21-13-22)15-6-8-17(9-7-15)23-12-16-4-2-3-5-18(16)19(23)24/h2-11,13-14H,12H2,1H3. The summed E-state index contributed by atoms with van der Waals surface area (Å²) in [5.74, 6) is -0.806. The van der Waals surface area contributed by atoms with Crippen LogP contribution in [-0.2, 0) is 11.3 Å². The number of carbonyl (C=O) groups excluding carboxylic acids is 2. The first-order valence-corrected chi connectivity index (χ1v) is 8.33. The van der Waals surface area contributed by atoms with Crippen molar-refractivity contribution in [2.24, 2.45) is 0 Å². The highest BCUT2D eigenvalue weighted by Crippen LogP contribution is 2.29. The molecule has 6 nitrogen and oxygen atoms in total. The molecule has 2 heterocycles. The van der Waals surface area contributed by atoms with E-state index in [1.54, 1.807) is 18.0 Å². The molecule has 130 valence electrons. The molecule has 3 aromatic rings. The van der Waals surface area contributed by atoms with Crippen LogP contribution in [0.15, 0.2) is 67.3 Å². The van der Waals surface area contributed by atoms with Crippen LogP contribution in [0.1, 0.15) is 34.3 Å². The summed E-state index contributed by atoms with van der Waals surface area (Å²) in [5.41, 5.74) is 3.40. The summed E-state index contributed by atoms with van der Waals surface area (Å²) in [7, 11) is 0. The Hall–Kier alpha value is -3.41. The Bertz CT molecular complexity index is 949. The van der Waals surface area contributed by atoms with Crippen LogP contribution in [0.3, 0.4) is 0 Å². The highest BCUT2D eigenvalue weighted by Gasteiger charge is 2.28. The van der Waals surface area contributed by atoms with Crippen LogP contribution in [0.5, 0.6) is 0 Å². The van der Waals surface area contributed by atoms with E-state index in [2.05, 4.69) is 4.98 Å². The van der Waals surface area contributed by atoms with Crippen molar-refractivity contribution in [1.82, 2.24) is 9.71 Å². The van der Waals surface area contributed by atoms with E-state index in [9.17, 15) is 9.59 Å². The lowest BCUT2D eigenvalue weighted by molar-refractivity contribution is -0.145. The van der Waals surface area contributed by atoms with Crippen molar-refractivity contribution < 1.29 is 14.4 Å². The second kappa shape index (κ2) is 6.48. The molecule has 26 heavy (non-hydrogen) atoms. The molecule has 0 N–H and O–H groups in total. The molecule has 1 unspecified atom stereocenters. The van der Waals surface area contributed by atoms with Gasteiger partial charge in [-0.3, -0.25) is 4.79 Å². The number of hydrogen-bond acceptors (Lipinski definition) is 4. The molecule has 1 atom stereocenters. The molecule has 0 spiro atoms. The molecule has 0 bridgehead atoms. The minimum Gasteiger partial charge on any atom is -0.335 e. The first kappa shape index (κ1) is 16.1. The highest BCUT2D eigenvalue weighted by molar-refractivity contribution is 6.09. The number of fused-ring (bicyclic) bond motifs is 1. The SMILES string of the molecule is CC(C(=O)On1ccnc1)c1ccc(N2Cc3ccccc3C2=O)cc1. The van der Waals surface area contributed by atoms with Crippen molar-refractivity contribution in [1.29, 1.82) is 0 Å². The van der Waals surface area contributed by atoms with Crippen LogP contribution in [-0.4, -0.2) is 21.6 Å². The molecule has 1 aromatic heterocycles. The Morgan fingerprint density at radius 2 is 1.92 bits per heavy atom. The maximum atomic E-state index is 12.5. The zero-order valence-corrected chi connectivity index (χ0v) is 14.2. The van der Waals surface area contributed by atoms with Crippen LogP contribution >= 0.6 is 0 Å². The minimum absolute atomic E-state index is 0.000848. The van der Waals surface area contributed by atoms with Gasteiger partial charge in [-0.1, -0.05) is 30.3 Å². The van der Waals surface area contributed by atoms with Gasteiger partial charge in [0.1, 0.15) is 6.33 Å². The van der Waals surface area contributed by atoms with Crippen molar-refractivity contribution >= 4 is 17.6 Å². The molecule has 0 fully saturated rings. The fraction of sp³-hybridized carbons (Fsp3) is 0.150. The van der Waals surface area contributed by atoms with E-state index in [0.29, 0.717) is 6.54 Å². The number of aromatic nitrogens is 2. The summed E-state index contributed by atoms with van der Waals surface area (Å²) in [5, 5.41) is 0. The van der Waals surface area contributed by atoms with Gasteiger partial charge in [-0.2, -0.15) is 4.73 Å². The fourth-order valence-electron chi connectivity index (χ4n) is 3.03. The van der Waals surface area contributed by atoms with E-state index in [0.717, 1.165) is 22.4 Å². The van der Waals surface area contributed by atoms with Crippen LogP contribution < -0.4 is 9.74 Å². The topological polar surface area (TPSA) is 64.4 Å². The lowest BCUT2D eigenvalue weighted by Gasteiger charge is -2.17. The van der Waals surface area contributed by atoms with Gasteiger partial charge in [0.15, 0.2) is 0 Å². The summed E-state index contributed by atoms with van der Waals surface area (Å²) < 4.78 is 1.27. The van der Waals surface area contributed by atoms with Crippen LogP contribution in [0.2, 0.25) is 0 Å². The second-order valence-corrected chi connectivity index (χ2v) is 6.19. The maximum Gasteiger partial charge on any atom is 0.340 e. The third-order valence-corrected chi connectivity index (χ3v) is 4.56. The number of carbonyl (C=O) groups is 2. The van der Waals surface area contributed by atoms with Gasteiger partial charge in [0.05, 0.1) is 18.7 Å².